The molecule has 2 atom stereocenters. The summed E-state index contributed by atoms with van der Waals surface area (Å²) < 4.78 is 0. The predicted molar refractivity (Wildman–Crippen MR) is 75.4 cm³/mol. The van der Waals surface area contributed by atoms with Crippen LogP contribution in [0.2, 0.25) is 0 Å². The van der Waals surface area contributed by atoms with Gasteiger partial charge in [0.25, 0.3) is 0 Å². The van der Waals surface area contributed by atoms with Gasteiger partial charge in [-0.25, -0.2) is 9.59 Å². The number of carbonyl (C=O) groups is 2. The van der Waals surface area contributed by atoms with E-state index in [1.54, 1.807) is 4.90 Å². The van der Waals surface area contributed by atoms with Gasteiger partial charge in [0.2, 0.25) is 0 Å². The third-order valence-electron chi connectivity index (χ3n) is 3.65. The number of carboxylic acid groups (broad SMARTS) is 1. The lowest BCUT2D eigenvalue weighted by atomic mass is 9.95. The molecular weight excluding hydrogens is 260 g/mol. The van der Waals surface area contributed by atoms with Crippen molar-refractivity contribution in [3.8, 4) is 0 Å². The van der Waals surface area contributed by atoms with E-state index >= 15 is 0 Å². The Labute approximate surface area is 120 Å². The Morgan fingerprint density at radius 3 is 2.65 bits per heavy atom. The van der Waals surface area contributed by atoms with Gasteiger partial charge in [0.1, 0.15) is 6.04 Å². The number of urea groups is 1. The Bertz CT molecular complexity index is 331. The van der Waals surface area contributed by atoms with E-state index in [0.717, 1.165) is 12.8 Å². The highest BCUT2D eigenvalue weighted by Gasteiger charge is 2.27. The zero-order valence-electron chi connectivity index (χ0n) is 12.3. The third-order valence-corrected chi connectivity index (χ3v) is 3.65. The number of aliphatic carboxylic acids is 1. The molecule has 0 bridgehead atoms. The van der Waals surface area contributed by atoms with Crippen molar-refractivity contribution >= 4 is 12.0 Å². The van der Waals surface area contributed by atoms with Crippen molar-refractivity contribution < 1.29 is 19.8 Å². The van der Waals surface area contributed by atoms with Gasteiger partial charge in [-0.2, -0.15) is 0 Å². The second kappa shape index (κ2) is 8.09. The normalized spacial score (nSPS) is 20.8. The number of aliphatic hydroxyl groups is 1. The van der Waals surface area contributed by atoms with E-state index in [2.05, 4.69) is 5.32 Å². The number of carbonyl (C=O) groups excluding carboxylic acids is 1. The molecule has 0 saturated carbocycles. The molecule has 1 fully saturated rings. The monoisotopic (exact) mass is 286 g/mol. The van der Waals surface area contributed by atoms with E-state index in [1.165, 1.54) is 0 Å². The lowest BCUT2D eigenvalue weighted by Crippen LogP contribution is -2.51. The van der Waals surface area contributed by atoms with Crippen molar-refractivity contribution in [3.05, 3.63) is 0 Å². The number of carboxylic acids is 1. The second-order valence-corrected chi connectivity index (χ2v) is 5.94. The summed E-state index contributed by atoms with van der Waals surface area (Å²) in [5, 5.41) is 20.7. The number of rotatable bonds is 6. The summed E-state index contributed by atoms with van der Waals surface area (Å²) in [5.74, 6) is -0.469. The minimum atomic E-state index is -0.990. The van der Waals surface area contributed by atoms with Gasteiger partial charge in [-0.15, -0.1) is 0 Å². The molecule has 6 nitrogen and oxygen atoms in total. The van der Waals surface area contributed by atoms with Gasteiger partial charge in [-0.3, -0.25) is 0 Å². The molecule has 0 aliphatic carbocycles. The maximum absolute atomic E-state index is 12.1. The zero-order chi connectivity index (χ0) is 15.1. The largest absolute Gasteiger partial charge is 0.480 e. The molecule has 0 spiro atoms. The van der Waals surface area contributed by atoms with Gasteiger partial charge in [-0.05, 0) is 37.5 Å². The lowest BCUT2D eigenvalue weighted by molar-refractivity contribution is -0.139. The first-order valence-corrected chi connectivity index (χ1v) is 7.33. The molecule has 0 aromatic heterocycles. The Hall–Kier alpha value is -1.30. The molecule has 1 saturated heterocycles. The number of hydrogen-bond donors (Lipinski definition) is 3. The minimum absolute atomic E-state index is 0.130. The van der Waals surface area contributed by atoms with Crippen molar-refractivity contribution in [2.24, 2.45) is 11.8 Å². The fourth-order valence-corrected chi connectivity index (χ4v) is 2.60. The molecule has 0 aromatic carbocycles. The molecule has 1 rings (SSSR count). The summed E-state index contributed by atoms with van der Waals surface area (Å²) >= 11 is 0. The first-order chi connectivity index (χ1) is 9.43. The Morgan fingerprint density at radius 2 is 2.10 bits per heavy atom. The highest BCUT2D eigenvalue weighted by molar-refractivity contribution is 5.82. The number of piperidine rings is 1. The fourth-order valence-electron chi connectivity index (χ4n) is 2.60. The molecule has 2 unspecified atom stereocenters. The number of hydrogen-bond acceptors (Lipinski definition) is 3. The molecule has 0 aromatic rings. The van der Waals surface area contributed by atoms with Crippen molar-refractivity contribution in [1.82, 2.24) is 10.2 Å². The van der Waals surface area contributed by atoms with Crippen LogP contribution < -0.4 is 5.32 Å². The average Bonchev–Trinajstić information content (AvgIpc) is 2.38. The average molecular weight is 286 g/mol. The first-order valence-electron chi connectivity index (χ1n) is 7.33. The van der Waals surface area contributed by atoms with Crippen LogP contribution in [-0.4, -0.2) is 52.9 Å². The number of nitrogens with one attached hydrogen (secondary N) is 1. The van der Waals surface area contributed by atoms with Crippen LogP contribution in [0.25, 0.3) is 0 Å². The summed E-state index contributed by atoms with van der Waals surface area (Å²) in [6.07, 6.45) is 3.03. The van der Waals surface area contributed by atoms with Crippen LogP contribution in [0.5, 0.6) is 0 Å². The van der Waals surface area contributed by atoms with E-state index in [0.29, 0.717) is 31.8 Å². The molecule has 116 valence electrons. The van der Waals surface area contributed by atoms with Crippen molar-refractivity contribution in [3.63, 3.8) is 0 Å². The SMILES string of the molecule is CC(C)CC(NC(=O)N1CCCC(CCO)C1)C(=O)O. The first kappa shape index (κ1) is 16.8. The molecule has 6 heteroatoms. The Morgan fingerprint density at radius 1 is 1.40 bits per heavy atom. The smallest absolute Gasteiger partial charge is 0.326 e. The van der Waals surface area contributed by atoms with Gasteiger partial charge < -0.3 is 20.4 Å². The number of likely N-dealkylation sites (tertiary alicyclic amines) is 1. The highest BCUT2D eigenvalue weighted by atomic mass is 16.4. The van der Waals surface area contributed by atoms with Crippen molar-refractivity contribution in [1.29, 1.82) is 0 Å². The molecule has 1 aliphatic heterocycles. The van der Waals surface area contributed by atoms with Gasteiger partial charge in [0.15, 0.2) is 0 Å². The predicted octanol–water partition coefficient (Wildman–Crippen LogP) is 1.29. The summed E-state index contributed by atoms with van der Waals surface area (Å²) in [6, 6.07) is -1.14. The summed E-state index contributed by atoms with van der Waals surface area (Å²) in [6.45, 7) is 5.24. The van der Waals surface area contributed by atoms with Crippen LogP contribution >= 0.6 is 0 Å². The topological polar surface area (TPSA) is 89.9 Å². The third kappa shape index (κ3) is 5.36. The molecular formula is C14H26N2O4. The molecule has 3 N–H and O–H groups in total. The van der Waals surface area contributed by atoms with E-state index < -0.39 is 12.0 Å². The van der Waals surface area contributed by atoms with Crippen LogP contribution in [0, 0.1) is 11.8 Å². The minimum Gasteiger partial charge on any atom is -0.480 e. The molecule has 0 radical (unpaired) electrons. The quantitative estimate of drug-likeness (QED) is 0.686. The van der Waals surface area contributed by atoms with Crippen LogP contribution in [0.15, 0.2) is 0 Å². The van der Waals surface area contributed by atoms with Crippen LogP contribution in [0.1, 0.15) is 39.5 Å². The van der Waals surface area contributed by atoms with Crippen molar-refractivity contribution in [2.45, 2.75) is 45.6 Å². The van der Waals surface area contributed by atoms with E-state index in [4.69, 9.17) is 10.2 Å². The number of nitrogens with zero attached hydrogens (tertiary/aromatic N) is 1. The lowest BCUT2D eigenvalue weighted by Gasteiger charge is -2.33. The molecule has 1 aliphatic rings. The molecule has 1 heterocycles. The van der Waals surface area contributed by atoms with Crippen LogP contribution in [0.3, 0.4) is 0 Å². The fraction of sp³-hybridized carbons (Fsp3) is 0.857. The Kier molecular flexibility index (Phi) is 6.78. The van der Waals surface area contributed by atoms with Crippen molar-refractivity contribution in [2.75, 3.05) is 19.7 Å². The Balaban J connectivity index is 2.53. The van der Waals surface area contributed by atoms with E-state index in [1.807, 2.05) is 13.8 Å². The summed E-state index contributed by atoms with van der Waals surface area (Å²) in [5.41, 5.74) is 0. The van der Waals surface area contributed by atoms with E-state index in [9.17, 15) is 9.59 Å². The standard InChI is InChI=1S/C14H26N2O4/c1-10(2)8-12(13(18)19)15-14(20)16-6-3-4-11(9-16)5-7-17/h10-12,17H,3-9H2,1-2H3,(H,15,20)(H,18,19). The second-order valence-electron chi connectivity index (χ2n) is 5.94. The van der Waals surface area contributed by atoms with Gasteiger partial charge in [-0.1, -0.05) is 13.8 Å². The van der Waals surface area contributed by atoms with Crippen LogP contribution in [-0.2, 0) is 4.79 Å². The molecule has 20 heavy (non-hydrogen) atoms. The number of amides is 2. The highest BCUT2D eigenvalue weighted by Crippen LogP contribution is 2.19. The number of aliphatic hydroxyl groups excluding tert-OH is 1. The molecule has 2 amide bonds. The van der Waals surface area contributed by atoms with Gasteiger partial charge in [0, 0.05) is 19.7 Å². The van der Waals surface area contributed by atoms with Gasteiger partial charge in [0.05, 0.1) is 0 Å². The maximum Gasteiger partial charge on any atom is 0.326 e. The van der Waals surface area contributed by atoms with Crippen LogP contribution in [0.4, 0.5) is 4.79 Å². The van der Waals surface area contributed by atoms with E-state index in [-0.39, 0.29) is 18.6 Å². The maximum atomic E-state index is 12.1. The zero-order valence-corrected chi connectivity index (χ0v) is 12.3. The van der Waals surface area contributed by atoms with Gasteiger partial charge >= 0.3 is 12.0 Å². The summed E-state index contributed by atoms with van der Waals surface area (Å²) in [7, 11) is 0. The summed E-state index contributed by atoms with van der Waals surface area (Å²) in [4.78, 5) is 25.0.